The number of rotatable bonds is 13. The molecule has 0 aromatic rings. The summed E-state index contributed by atoms with van der Waals surface area (Å²) in [5.41, 5.74) is 2.62. The topological polar surface area (TPSA) is 26.3 Å². The predicted octanol–water partition coefficient (Wildman–Crippen LogP) is 10.4. The van der Waals surface area contributed by atoms with E-state index >= 15 is 0 Å². The van der Waals surface area contributed by atoms with Crippen LogP contribution in [0.15, 0.2) is 11.6 Å². The highest BCUT2D eigenvalue weighted by atomic mass is 16.5. The zero-order valence-corrected chi connectivity index (χ0v) is 25.3. The minimum atomic E-state index is 0.0539. The average Bonchev–Trinajstić information content (AvgIpc) is 3.32. The Bertz CT molecular complexity index is 767. The van der Waals surface area contributed by atoms with Gasteiger partial charge in [-0.25, -0.2) is 0 Å². The maximum Gasteiger partial charge on any atom is 0.306 e. The van der Waals surface area contributed by atoms with Crippen LogP contribution in [0, 0.1) is 40.4 Å². The molecule has 0 spiro atoms. The Morgan fingerprint density at radius 2 is 1.73 bits per heavy atom. The molecule has 0 aromatic heterocycles. The number of hydrogen-bond acceptors (Lipinski definition) is 2. The molecule has 37 heavy (non-hydrogen) atoms. The van der Waals surface area contributed by atoms with Crippen molar-refractivity contribution in [1.29, 1.82) is 0 Å². The first-order valence-electron chi connectivity index (χ1n) is 16.7. The third-order valence-corrected chi connectivity index (χ3v) is 11.9. The number of carbonyl (C=O) groups excluding carboxylic acids is 1. The molecule has 0 aromatic carbocycles. The van der Waals surface area contributed by atoms with E-state index in [1.165, 1.54) is 96.3 Å². The van der Waals surface area contributed by atoms with Gasteiger partial charge in [0, 0.05) is 12.8 Å². The molecule has 0 radical (unpaired) electrons. The Kier molecular flexibility index (Phi) is 10.3. The maximum absolute atomic E-state index is 12.6. The summed E-state index contributed by atoms with van der Waals surface area (Å²) in [6.07, 6.45) is 26.9. The first-order valence-corrected chi connectivity index (χ1v) is 16.7. The number of ether oxygens (including phenoxy) is 1. The minimum absolute atomic E-state index is 0.0539. The summed E-state index contributed by atoms with van der Waals surface area (Å²) in [5.74, 6) is 4.48. The minimum Gasteiger partial charge on any atom is -0.462 e. The van der Waals surface area contributed by atoms with Crippen LogP contribution < -0.4 is 0 Å². The van der Waals surface area contributed by atoms with Gasteiger partial charge in [-0.2, -0.15) is 0 Å². The molecule has 7 unspecified atom stereocenters. The highest BCUT2D eigenvalue weighted by Gasteiger charge is 2.58. The molecule has 212 valence electrons. The lowest BCUT2D eigenvalue weighted by atomic mass is 9.46. The van der Waals surface area contributed by atoms with Crippen molar-refractivity contribution < 1.29 is 9.53 Å². The number of esters is 1. The zero-order chi connectivity index (χ0) is 26.5. The van der Waals surface area contributed by atoms with Gasteiger partial charge >= 0.3 is 5.97 Å². The van der Waals surface area contributed by atoms with Gasteiger partial charge in [-0.05, 0) is 91.8 Å². The number of fused-ring (bicyclic) bond motifs is 5. The summed E-state index contributed by atoms with van der Waals surface area (Å²) in [5, 5.41) is 0. The molecule has 2 nitrogen and oxygen atoms in total. The quantitative estimate of drug-likeness (QED) is 0.139. The molecular weight excluding hydrogens is 452 g/mol. The zero-order valence-electron chi connectivity index (χ0n) is 25.3. The van der Waals surface area contributed by atoms with E-state index in [2.05, 4.69) is 40.7 Å². The molecule has 7 atom stereocenters. The van der Waals surface area contributed by atoms with Gasteiger partial charge in [-0.15, -0.1) is 0 Å². The lowest BCUT2D eigenvalue weighted by molar-refractivity contribution is -0.151. The van der Waals surface area contributed by atoms with Gasteiger partial charge in [0.1, 0.15) is 6.10 Å². The highest BCUT2D eigenvalue weighted by Crippen LogP contribution is 2.67. The Balaban J connectivity index is 1.33. The molecule has 0 saturated heterocycles. The molecular formula is C35H60O2. The smallest absolute Gasteiger partial charge is 0.306 e. The Morgan fingerprint density at radius 3 is 2.51 bits per heavy atom. The van der Waals surface area contributed by atoms with E-state index in [1.807, 2.05) is 0 Å². The molecule has 0 bridgehead atoms. The largest absolute Gasteiger partial charge is 0.462 e. The van der Waals surface area contributed by atoms with Crippen molar-refractivity contribution in [3.8, 4) is 0 Å². The van der Waals surface area contributed by atoms with Crippen molar-refractivity contribution in [3.05, 3.63) is 11.6 Å². The second-order valence-electron chi connectivity index (χ2n) is 14.5. The number of hydrogen-bond donors (Lipinski definition) is 0. The third kappa shape index (κ3) is 6.51. The van der Waals surface area contributed by atoms with E-state index in [9.17, 15) is 4.79 Å². The van der Waals surface area contributed by atoms with Crippen molar-refractivity contribution in [1.82, 2.24) is 0 Å². The van der Waals surface area contributed by atoms with Crippen molar-refractivity contribution in [2.45, 2.75) is 163 Å². The highest BCUT2D eigenvalue weighted by molar-refractivity contribution is 5.69. The monoisotopic (exact) mass is 512 g/mol. The van der Waals surface area contributed by atoms with Gasteiger partial charge < -0.3 is 4.74 Å². The van der Waals surface area contributed by atoms with Crippen molar-refractivity contribution in [3.63, 3.8) is 0 Å². The van der Waals surface area contributed by atoms with E-state index < -0.39 is 0 Å². The van der Waals surface area contributed by atoms with Crippen LogP contribution >= 0.6 is 0 Å². The summed E-state index contributed by atoms with van der Waals surface area (Å²) in [6, 6.07) is 0. The van der Waals surface area contributed by atoms with Gasteiger partial charge in [0.25, 0.3) is 0 Å². The van der Waals surface area contributed by atoms with Gasteiger partial charge in [0.15, 0.2) is 0 Å². The Hall–Kier alpha value is -0.790. The van der Waals surface area contributed by atoms with Crippen LogP contribution in [0.5, 0.6) is 0 Å². The molecule has 4 rings (SSSR count). The third-order valence-electron chi connectivity index (χ3n) is 11.9. The normalized spacial score (nSPS) is 35.9. The second kappa shape index (κ2) is 13.0. The molecule has 4 aliphatic carbocycles. The van der Waals surface area contributed by atoms with Gasteiger partial charge in [-0.3, -0.25) is 4.79 Å². The first kappa shape index (κ1) is 29.2. The van der Waals surface area contributed by atoms with Gasteiger partial charge in [0.05, 0.1) is 0 Å². The van der Waals surface area contributed by atoms with E-state index in [0.717, 1.165) is 48.9 Å². The van der Waals surface area contributed by atoms with Crippen molar-refractivity contribution in [2.75, 3.05) is 0 Å². The van der Waals surface area contributed by atoms with Crippen molar-refractivity contribution in [2.24, 2.45) is 40.4 Å². The van der Waals surface area contributed by atoms with E-state index in [1.54, 1.807) is 5.57 Å². The van der Waals surface area contributed by atoms with E-state index in [4.69, 9.17) is 4.74 Å². The summed E-state index contributed by atoms with van der Waals surface area (Å²) in [4.78, 5) is 12.6. The summed E-state index contributed by atoms with van der Waals surface area (Å²) in [6.45, 7) is 12.2. The summed E-state index contributed by atoms with van der Waals surface area (Å²) >= 11 is 0. The number of allylic oxidation sites excluding steroid dienone is 1. The van der Waals surface area contributed by atoms with Crippen LogP contribution in [-0.4, -0.2) is 12.1 Å². The fourth-order valence-electron chi connectivity index (χ4n) is 9.71. The van der Waals surface area contributed by atoms with E-state index in [-0.39, 0.29) is 12.1 Å². The molecule has 3 saturated carbocycles. The van der Waals surface area contributed by atoms with Crippen LogP contribution in [0.25, 0.3) is 0 Å². The maximum atomic E-state index is 12.6. The summed E-state index contributed by atoms with van der Waals surface area (Å²) in [7, 11) is 0. The molecule has 4 aliphatic rings. The predicted molar refractivity (Wildman–Crippen MR) is 156 cm³/mol. The van der Waals surface area contributed by atoms with Gasteiger partial charge in [-0.1, -0.05) is 104 Å². The molecule has 3 fully saturated rings. The molecule has 0 heterocycles. The molecule has 0 aliphatic heterocycles. The SMILES string of the molecule is CCCCCCCCC(=O)OC1CCC2(C)C(=CCC3C2CCC2(C(C)CCCC(C)C)CCCC32)C1. The Morgan fingerprint density at radius 1 is 0.946 bits per heavy atom. The number of carbonyl (C=O) groups is 1. The molecule has 0 amide bonds. The van der Waals surface area contributed by atoms with Crippen LogP contribution in [0.4, 0.5) is 0 Å². The molecule has 2 heteroatoms. The molecule has 0 N–H and O–H groups in total. The lowest BCUT2D eigenvalue weighted by Gasteiger charge is -2.59. The van der Waals surface area contributed by atoms with Crippen molar-refractivity contribution >= 4 is 5.97 Å². The fourth-order valence-corrected chi connectivity index (χ4v) is 9.71. The van der Waals surface area contributed by atoms with Gasteiger partial charge in [0.2, 0.25) is 0 Å². The van der Waals surface area contributed by atoms with E-state index in [0.29, 0.717) is 17.3 Å². The second-order valence-corrected chi connectivity index (χ2v) is 14.5. The van der Waals surface area contributed by atoms with Crippen LogP contribution in [0.3, 0.4) is 0 Å². The van der Waals surface area contributed by atoms with Crippen LogP contribution in [-0.2, 0) is 9.53 Å². The first-order chi connectivity index (χ1) is 17.8. The summed E-state index contributed by atoms with van der Waals surface area (Å²) < 4.78 is 6.04. The lowest BCUT2D eigenvalue weighted by Crippen LogP contribution is -2.51. The Labute approximate surface area is 230 Å². The van der Waals surface area contributed by atoms with Crippen LogP contribution in [0.1, 0.15) is 157 Å². The van der Waals surface area contributed by atoms with Crippen LogP contribution in [0.2, 0.25) is 0 Å². The fraction of sp³-hybridized carbons (Fsp3) is 0.914. The number of unbranched alkanes of at least 4 members (excludes halogenated alkanes) is 5. The average molecular weight is 513 g/mol. The standard InChI is InChI=1S/C35H60O2/c1-6-7-8-9-10-11-17-33(36)37-29-20-23-34(5)28(25-29)18-19-30-31(34)21-24-35(22-13-16-32(30)35)27(4)15-12-14-26(2)3/h18,26-27,29-32H,6-17,19-25H2,1-5H3.